The molecule has 1 aliphatic heterocycles. The molecule has 1 aromatic carbocycles. The van der Waals surface area contributed by atoms with E-state index in [9.17, 15) is 9.59 Å². The summed E-state index contributed by atoms with van der Waals surface area (Å²) in [5.41, 5.74) is 1.29. The summed E-state index contributed by atoms with van der Waals surface area (Å²) in [6.07, 6.45) is 2.25. The number of nitrogens with one attached hydrogen (secondary N) is 1. The van der Waals surface area contributed by atoms with Crippen molar-refractivity contribution in [2.24, 2.45) is 0 Å². The number of ether oxygens (including phenoxy) is 1. The zero-order valence-electron chi connectivity index (χ0n) is 16.6. The van der Waals surface area contributed by atoms with Crippen molar-refractivity contribution in [3.63, 3.8) is 0 Å². The van der Waals surface area contributed by atoms with Gasteiger partial charge in [0.05, 0.1) is 24.2 Å². The Labute approximate surface area is 167 Å². The van der Waals surface area contributed by atoms with Gasteiger partial charge in [-0.2, -0.15) is 0 Å². The first-order chi connectivity index (χ1) is 14.0. The number of nitrogens with zero attached hydrogens (tertiary/aromatic N) is 3. The standard InChI is InChI=1S/C21H22N4O4/c1-12-17(13(2)23-21(22-12)25-9-4-5-10-25)24-19(26)15-11-14-7-6-8-16(28-3)18(14)29-20(15)27/h6-8,11H,4-5,9-10H2,1-3H3,(H,24,26). The summed E-state index contributed by atoms with van der Waals surface area (Å²) in [5, 5.41) is 3.37. The number of rotatable bonds is 4. The van der Waals surface area contributed by atoms with Crippen molar-refractivity contribution in [2.45, 2.75) is 26.7 Å². The molecule has 0 atom stereocenters. The van der Waals surface area contributed by atoms with Crippen LogP contribution in [0.4, 0.5) is 11.6 Å². The molecule has 0 unspecified atom stereocenters. The monoisotopic (exact) mass is 394 g/mol. The molecule has 1 saturated heterocycles. The van der Waals surface area contributed by atoms with E-state index in [1.54, 1.807) is 18.2 Å². The number of fused-ring (bicyclic) bond motifs is 1. The predicted molar refractivity (Wildman–Crippen MR) is 110 cm³/mol. The fourth-order valence-corrected chi connectivity index (χ4v) is 3.56. The van der Waals surface area contributed by atoms with Crippen molar-refractivity contribution in [3.8, 4) is 5.75 Å². The number of amides is 1. The second kappa shape index (κ2) is 7.54. The molecule has 1 fully saturated rings. The van der Waals surface area contributed by atoms with Gasteiger partial charge in [0.25, 0.3) is 5.91 Å². The normalized spacial score (nSPS) is 13.7. The van der Waals surface area contributed by atoms with Crippen molar-refractivity contribution >= 4 is 28.5 Å². The summed E-state index contributed by atoms with van der Waals surface area (Å²) in [7, 11) is 1.49. The Morgan fingerprint density at radius 2 is 1.86 bits per heavy atom. The van der Waals surface area contributed by atoms with Crippen molar-refractivity contribution < 1.29 is 13.9 Å². The maximum atomic E-state index is 12.8. The Morgan fingerprint density at radius 3 is 2.52 bits per heavy atom. The van der Waals surface area contributed by atoms with Gasteiger partial charge in [0.1, 0.15) is 5.56 Å². The molecule has 0 spiro atoms. The van der Waals surface area contributed by atoms with Crippen molar-refractivity contribution in [3.05, 3.63) is 51.6 Å². The van der Waals surface area contributed by atoms with Gasteiger partial charge in [0, 0.05) is 18.5 Å². The Morgan fingerprint density at radius 1 is 1.17 bits per heavy atom. The predicted octanol–water partition coefficient (Wildman–Crippen LogP) is 3.06. The smallest absolute Gasteiger partial charge is 0.349 e. The third-order valence-corrected chi connectivity index (χ3v) is 5.07. The highest BCUT2D eigenvalue weighted by molar-refractivity contribution is 6.06. The van der Waals surface area contributed by atoms with Gasteiger partial charge in [0.2, 0.25) is 5.95 Å². The van der Waals surface area contributed by atoms with Gasteiger partial charge in [-0.1, -0.05) is 12.1 Å². The Kier molecular flexibility index (Phi) is 4.92. The van der Waals surface area contributed by atoms with E-state index in [1.807, 2.05) is 13.8 Å². The quantitative estimate of drug-likeness (QED) is 0.679. The lowest BCUT2D eigenvalue weighted by Gasteiger charge is -2.18. The fourth-order valence-electron chi connectivity index (χ4n) is 3.56. The molecule has 3 aromatic rings. The van der Waals surface area contributed by atoms with Gasteiger partial charge in [-0.05, 0) is 38.8 Å². The number of methoxy groups -OCH3 is 1. The maximum absolute atomic E-state index is 12.8. The van der Waals surface area contributed by atoms with Crippen LogP contribution in [0.5, 0.6) is 5.75 Å². The van der Waals surface area contributed by atoms with Crippen molar-refractivity contribution in [2.75, 3.05) is 30.4 Å². The zero-order chi connectivity index (χ0) is 20.5. The lowest BCUT2D eigenvalue weighted by atomic mass is 10.1. The lowest BCUT2D eigenvalue weighted by Crippen LogP contribution is -2.24. The van der Waals surface area contributed by atoms with Crippen LogP contribution in [0.15, 0.2) is 33.5 Å². The highest BCUT2D eigenvalue weighted by atomic mass is 16.5. The molecule has 0 radical (unpaired) electrons. The molecule has 2 aromatic heterocycles. The van der Waals surface area contributed by atoms with Crippen LogP contribution in [0, 0.1) is 13.8 Å². The summed E-state index contributed by atoms with van der Waals surface area (Å²) >= 11 is 0. The van der Waals surface area contributed by atoms with E-state index in [0.717, 1.165) is 25.9 Å². The Hall–Kier alpha value is -3.42. The summed E-state index contributed by atoms with van der Waals surface area (Å²) in [4.78, 5) is 36.4. The molecule has 8 heteroatoms. The van der Waals surface area contributed by atoms with Crippen molar-refractivity contribution in [1.82, 2.24) is 9.97 Å². The zero-order valence-corrected chi connectivity index (χ0v) is 16.6. The average molecular weight is 394 g/mol. The van der Waals surface area contributed by atoms with Crippen LogP contribution in [-0.2, 0) is 0 Å². The minimum atomic E-state index is -0.732. The highest BCUT2D eigenvalue weighted by Crippen LogP contribution is 2.26. The molecule has 150 valence electrons. The molecule has 0 saturated carbocycles. The third-order valence-electron chi connectivity index (χ3n) is 5.07. The van der Waals surface area contributed by atoms with Gasteiger partial charge in [-0.15, -0.1) is 0 Å². The minimum absolute atomic E-state index is 0.0897. The number of anilines is 2. The molecule has 1 aliphatic rings. The van der Waals surface area contributed by atoms with Gasteiger partial charge in [-0.3, -0.25) is 4.79 Å². The number of carbonyl (C=O) groups is 1. The summed E-state index contributed by atoms with van der Waals surface area (Å²) in [6.45, 7) is 5.51. The van der Waals surface area contributed by atoms with Gasteiger partial charge in [-0.25, -0.2) is 14.8 Å². The number of para-hydroxylation sites is 1. The maximum Gasteiger partial charge on any atom is 0.349 e. The first-order valence-corrected chi connectivity index (χ1v) is 9.50. The first kappa shape index (κ1) is 18.9. The number of aryl methyl sites for hydroxylation is 2. The molecule has 1 amide bonds. The van der Waals surface area contributed by atoms with Gasteiger partial charge < -0.3 is 19.4 Å². The van der Waals surface area contributed by atoms with Gasteiger partial charge in [0.15, 0.2) is 11.3 Å². The molecular weight excluding hydrogens is 372 g/mol. The average Bonchev–Trinajstić information content (AvgIpc) is 3.24. The van der Waals surface area contributed by atoms with Crippen LogP contribution in [0.3, 0.4) is 0 Å². The molecule has 1 N–H and O–H groups in total. The molecular formula is C21H22N4O4. The highest BCUT2D eigenvalue weighted by Gasteiger charge is 2.21. The summed E-state index contributed by atoms with van der Waals surface area (Å²) in [5.74, 6) is 0.546. The Bertz CT molecular complexity index is 1130. The van der Waals surface area contributed by atoms with E-state index in [4.69, 9.17) is 9.15 Å². The van der Waals surface area contributed by atoms with E-state index >= 15 is 0 Å². The van der Waals surface area contributed by atoms with E-state index in [0.29, 0.717) is 39.7 Å². The molecule has 8 nitrogen and oxygen atoms in total. The van der Waals surface area contributed by atoms with Crippen LogP contribution >= 0.6 is 0 Å². The second-order valence-electron chi connectivity index (χ2n) is 7.04. The van der Waals surface area contributed by atoms with Gasteiger partial charge >= 0.3 is 5.63 Å². The van der Waals surface area contributed by atoms with Crippen molar-refractivity contribution in [1.29, 1.82) is 0 Å². The fraction of sp³-hybridized carbons (Fsp3) is 0.333. The van der Waals surface area contributed by atoms with Crippen LogP contribution in [0.25, 0.3) is 11.0 Å². The summed E-state index contributed by atoms with van der Waals surface area (Å²) < 4.78 is 10.6. The van der Waals surface area contributed by atoms with Crippen LogP contribution < -0.4 is 20.6 Å². The van der Waals surface area contributed by atoms with Crippen LogP contribution in [0.2, 0.25) is 0 Å². The molecule has 0 bridgehead atoms. The number of hydrogen-bond donors (Lipinski definition) is 1. The molecule has 29 heavy (non-hydrogen) atoms. The van der Waals surface area contributed by atoms with Crippen LogP contribution in [0.1, 0.15) is 34.6 Å². The lowest BCUT2D eigenvalue weighted by molar-refractivity contribution is 0.102. The third kappa shape index (κ3) is 3.53. The topological polar surface area (TPSA) is 97.6 Å². The van der Waals surface area contributed by atoms with E-state index in [2.05, 4.69) is 20.2 Å². The number of hydrogen-bond acceptors (Lipinski definition) is 7. The molecule has 4 rings (SSSR count). The SMILES string of the molecule is COc1cccc2cc(C(=O)Nc3c(C)nc(N4CCCC4)nc3C)c(=O)oc12. The Balaban J connectivity index is 1.66. The molecule has 0 aliphatic carbocycles. The van der Waals surface area contributed by atoms with E-state index < -0.39 is 11.5 Å². The largest absolute Gasteiger partial charge is 0.493 e. The summed E-state index contributed by atoms with van der Waals surface area (Å²) in [6, 6.07) is 6.71. The number of benzene rings is 1. The number of aromatic nitrogens is 2. The van der Waals surface area contributed by atoms with Crippen LogP contribution in [-0.4, -0.2) is 36.1 Å². The number of carbonyl (C=O) groups excluding carboxylic acids is 1. The van der Waals surface area contributed by atoms with E-state index in [-0.39, 0.29) is 5.56 Å². The second-order valence-corrected chi connectivity index (χ2v) is 7.04. The first-order valence-electron chi connectivity index (χ1n) is 9.50. The molecule has 3 heterocycles. The van der Waals surface area contributed by atoms with E-state index in [1.165, 1.54) is 13.2 Å². The minimum Gasteiger partial charge on any atom is -0.493 e.